The van der Waals surface area contributed by atoms with Gasteiger partial charge in [-0.25, -0.2) is 0 Å². The van der Waals surface area contributed by atoms with E-state index in [1.165, 1.54) is 6.08 Å². The van der Waals surface area contributed by atoms with Crippen LogP contribution in [0.25, 0.3) is 6.08 Å². The van der Waals surface area contributed by atoms with Gasteiger partial charge in [0.2, 0.25) is 0 Å². The highest BCUT2D eigenvalue weighted by molar-refractivity contribution is 7.90. The number of hydrogen-bond acceptors (Lipinski definition) is 3. The molecule has 0 aliphatic carbocycles. The van der Waals surface area contributed by atoms with Crippen LogP contribution in [0.5, 0.6) is 5.75 Å². The van der Waals surface area contributed by atoms with E-state index in [9.17, 15) is 8.42 Å². The quantitative estimate of drug-likeness (QED) is 0.793. The van der Waals surface area contributed by atoms with Gasteiger partial charge in [-0.1, -0.05) is 48.5 Å². The maximum atomic E-state index is 11.7. The van der Waals surface area contributed by atoms with Crippen LogP contribution in [0.15, 0.2) is 66.1 Å². The third kappa shape index (κ3) is 3.75. The van der Waals surface area contributed by atoms with Crippen molar-refractivity contribution in [2.24, 2.45) is 0 Å². The fourth-order valence-corrected chi connectivity index (χ4v) is 2.12. The second-order valence-electron chi connectivity index (χ2n) is 3.60. The predicted octanol–water partition coefficient (Wildman–Crippen LogP) is 3.07. The van der Waals surface area contributed by atoms with Crippen molar-refractivity contribution in [3.8, 4) is 5.75 Å². The first kappa shape index (κ1) is 12.4. The van der Waals surface area contributed by atoms with E-state index in [0.29, 0.717) is 5.75 Å². The van der Waals surface area contributed by atoms with Gasteiger partial charge in [0.25, 0.3) is 0 Å². The number of rotatable bonds is 4. The molecule has 0 radical (unpaired) electrons. The van der Waals surface area contributed by atoms with Gasteiger partial charge < -0.3 is 4.18 Å². The number of benzene rings is 2. The highest BCUT2D eigenvalue weighted by Crippen LogP contribution is 2.13. The first-order valence-corrected chi connectivity index (χ1v) is 6.85. The van der Waals surface area contributed by atoms with Gasteiger partial charge in [-0.15, -0.1) is 0 Å². The molecule has 0 atom stereocenters. The minimum Gasteiger partial charge on any atom is -0.379 e. The molecule has 0 bridgehead atoms. The molecule has 0 aliphatic heterocycles. The zero-order valence-corrected chi connectivity index (χ0v) is 10.4. The van der Waals surface area contributed by atoms with E-state index in [-0.39, 0.29) is 0 Å². The Morgan fingerprint density at radius 1 is 0.833 bits per heavy atom. The van der Waals surface area contributed by atoms with E-state index >= 15 is 0 Å². The summed E-state index contributed by atoms with van der Waals surface area (Å²) >= 11 is 0. The summed E-state index contributed by atoms with van der Waals surface area (Å²) in [5, 5.41) is 1.05. The minimum atomic E-state index is -3.71. The molecule has 2 aromatic rings. The second-order valence-corrected chi connectivity index (χ2v) is 5.03. The normalized spacial score (nSPS) is 11.6. The summed E-state index contributed by atoms with van der Waals surface area (Å²) in [6.45, 7) is 0. The van der Waals surface area contributed by atoms with Gasteiger partial charge in [0.1, 0.15) is 5.75 Å². The molecule has 0 unspecified atom stereocenters. The van der Waals surface area contributed by atoms with Crippen LogP contribution in [0.2, 0.25) is 0 Å². The largest absolute Gasteiger partial charge is 0.379 e. The molecule has 2 rings (SSSR count). The molecule has 0 aromatic heterocycles. The third-order valence-corrected chi connectivity index (χ3v) is 3.08. The molecule has 2 aromatic carbocycles. The van der Waals surface area contributed by atoms with E-state index in [1.807, 2.05) is 30.3 Å². The van der Waals surface area contributed by atoms with E-state index in [2.05, 4.69) is 0 Å². The Hall–Kier alpha value is -2.07. The Morgan fingerprint density at radius 3 is 2.00 bits per heavy atom. The van der Waals surface area contributed by atoms with Gasteiger partial charge >= 0.3 is 10.1 Å². The van der Waals surface area contributed by atoms with E-state index in [0.717, 1.165) is 11.0 Å². The predicted molar refractivity (Wildman–Crippen MR) is 71.5 cm³/mol. The molecule has 0 N–H and O–H groups in total. The molecule has 0 amide bonds. The molecule has 92 valence electrons. The Balaban J connectivity index is 2.11. The van der Waals surface area contributed by atoms with Gasteiger partial charge in [0.05, 0.1) is 5.41 Å². The Kier molecular flexibility index (Phi) is 3.79. The average Bonchev–Trinajstić information content (AvgIpc) is 2.38. The summed E-state index contributed by atoms with van der Waals surface area (Å²) in [7, 11) is -3.71. The first-order valence-electron chi connectivity index (χ1n) is 5.38. The topological polar surface area (TPSA) is 43.4 Å². The highest BCUT2D eigenvalue weighted by atomic mass is 32.2. The number of para-hydroxylation sites is 1. The van der Waals surface area contributed by atoms with Crippen molar-refractivity contribution in [3.05, 3.63) is 71.6 Å². The van der Waals surface area contributed by atoms with Crippen molar-refractivity contribution >= 4 is 16.2 Å². The molecule has 0 fully saturated rings. The maximum Gasteiger partial charge on any atom is 0.332 e. The van der Waals surface area contributed by atoms with Crippen LogP contribution in [0.3, 0.4) is 0 Å². The molecular formula is C14H12O3S. The van der Waals surface area contributed by atoms with Crippen molar-refractivity contribution in [3.63, 3.8) is 0 Å². The van der Waals surface area contributed by atoms with Crippen LogP contribution < -0.4 is 4.18 Å². The fraction of sp³-hybridized carbons (Fsp3) is 0. The van der Waals surface area contributed by atoms with Crippen LogP contribution in [0.1, 0.15) is 5.56 Å². The van der Waals surface area contributed by atoms with Crippen molar-refractivity contribution in [2.45, 2.75) is 0 Å². The molecule has 3 nitrogen and oxygen atoms in total. The van der Waals surface area contributed by atoms with Crippen molar-refractivity contribution in [2.75, 3.05) is 0 Å². The molecule has 0 saturated carbocycles. The Bertz CT molecular complexity index is 617. The van der Waals surface area contributed by atoms with Gasteiger partial charge in [0, 0.05) is 0 Å². The van der Waals surface area contributed by atoms with Crippen molar-refractivity contribution in [1.29, 1.82) is 0 Å². The standard InChI is InChI=1S/C14H12O3S/c15-18(16,17-14-9-5-2-6-10-14)12-11-13-7-3-1-4-8-13/h1-12H/b12-11+. The third-order valence-electron chi connectivity index (χ3n) is 2.18. The molecule has 0 aliphatic rings. The molecule has 0 heterocycles. The minimum absolute atomic E-state index is 0.301. The second kappa shape index (κ2) is 5.51. The van der Waals surface area contributed by atoms with Gasteiger partial charge in [0.15, 0.2) is 0 Å². The van der Waals surface area contributed by atoms with Crippen LogP contribution in [-0.4, -0.2) is 8.42 Å². The summed E-state index contributed by atoms with van der Waals surface area (Å²) in [5.74, 6) is 0.301. The van der Waals surface area contributed by atoms with Crippen molar-refractivity contribution in [1.82, 2.24) is 0 Å². The molecule has 4 heteroatoms. The van der Waals surface area contributed by atoms with Gasteiger partial charge in [-0.2, -0.15) is 8.42 Å². The summed E-state index contributed by atoms with van der Waals surface area (Å²) in [6, 6.07) is 17.6. The van der Waals surface area contributed by atoms with Gasteiger partial charge in [-0.3, -0.25) is 0 Å². The average molecular weight is 260 g/mol. The Morgan fingerprint density at radius 2 is 1.39 bits per heavy atom. The molecule has 0 spiro atoms. The SMILES string of the molecule is O=S(=O)(/C=C/c1ccccc1)Oc1ccccc1. The van der Waals surface area contributed by atoms with E-state index in [4.69, 9.17) is 4.18 Å². The zero-order valence-electron chi connectivity index (χ0n) is 9.56. The monoisotopic (exact) mass is 260 g/mol. The first-order chi connectivity index (χ1) is 8.66. The number of hydrogen-bond donors (Lipinski definition) is 0. The highest BCUT2D eigenvalue weighted by Gasteiger charge is 2.07. The molecule has 18 heavy (non-hydrogen) atoms. The zero-order chi connectivity index (χ0) is 12.8. The van der Waals surface area contributed by atoms with Gasteiger partial charge in [-0.05, 0) is 23.8 Å². The summed E-state index contributed by atoms with van der Waals surface area (Å²) in [6.07, 6.45) is 1.50. The summed E-state index contributed by atoms with van der Waals surface area (Å²) < 4.78 is 28.2. The summed E-state index contributed by atoms with van der Waals surface area (Å²) in [4.78, 5) is 0. The van der Waals surface area contributed by atoms with Crippen LogP contribution >= 0.6 is 0 Å². The molecule has 0 saturated heterocycles. The van der Waals surface area contributed by atoms with Crippen LogP contribution in [0.4, 0.5) is 0 Å². The van der Waals surface area contributed by atoms with Crippen LogP contribution in [0, 0.1) is 0 Å². The van der Waals surface area contributed by atoms with Crippen LogP contribution in [-0.2, 0) is 10.1 Å². The summed E-state index contributed by atoms with van der Waals surface area (Å²) in [5.41, 5.74) is 0.803. The van der Waals surface area contributed by atoms with Crippen molar-refractivity contribution < 1.29 is 12.6 Å². The van der Waals surface area contributed by atoms with E-state index < -0.39 is 10.1 Å². The fourth-order valence-electron chi connectivity index (χ4n) is 1.36. The maximum absolute atomic E-state index is 11.7. The smallest absolute Gasteiger partial charge is 0.332 e. The lowest BCUT2D eigenvalue weighted by Gasteiger charge is -2.02. The van der Waals surface area contributed by atoms with E-state index in [1.54, 1.807) is 30.3 Å². The Labute approximate surface area is 106 Å². The lowest BCUT2D eigenvalue weighted by molar-refractivity contribution is 0.497. The lowest BCUT2D eigenvalue weighted by Crippen LogP contribution is -2.04. The molecular weight excluding hydrogens is 248 g/mol. The lowest BCUT2D eigenvalue weighted by atomic mass is 10.2.